The lowest BCUT2D eigenvalue weighted by molar-refractivity contribution is 0.340. The largest absolute Gasteiger partial charge is 0.494 e. The lowest BCUT2D eigenvalue weighted by Gasteiger charge is -2.11. The molecule has 0 atom stereocenters. The molecule has 2 rings (SSSR count). The molecule has 106 valence electrons. The first-order valence-corrected chi connectivity index (χ1v) is 6.29. The van der Waals surface area contributed by atoms with Crippen LogP contribution in [0, 0.1) is 11.6 Å². The fraction of sp³-hybridized carbons (Fsp3) is 0.200. The van der Waals surface area contributed by atoms with E-state index in [-0.39, 0.29) is 12.1 Å². The summed E-state index contributed by atoms with van der Waals surface area (Å²) in [7, 11) is 0. The molecule has 3 N–H and O–H groups in total. The number of hydrogen-bond donors (Lipinski definition) is 2. The van der Waals surface area contributed by atoms with Crippen molar-refractivity contribution in [2.24, 2.45) is 0 Å². The van der Waals surface area contributed by atoms with Crippen LogP contribution < -0.4 is 15.8 Å². The fourth-order valence-corrected chi connectivity index (χ4v) is 1.85. The molecule has 0 aliphatic heterocycles. The molecule has 0 aliphatic rings. The van der Waals surface area contributed by atoms with Crippen LogP contribution in [0.4, 0.5) is 20.2 Å². The Morgan fingerprint density at radius 1 is 1.15 bits per heavy atom. The highest BCUT2D eigenvalue weighted by Crippen LogP contribution is 2.23. The van der Waals surface area contributed by atoms with E-state index in [1.165, 1.54) is 0 Å². The van der Waals surface area contributed by atoms with Crippen molar-refractivity contribution in [2.75, 3.05) is 17.7 Å². The summed E-state index contributed by atoms with van der Waals surface area (Å²) in [6.45, 7) is 2.57. The molecule has 0 aromatic heterocycles. The van der Waals surface area contributed by atoms with Gasteiger partial charge < -0.3 is 15.8 Å². The molecule has 0 spiro atoms. The van der Waals surface area contributed by atoms with Crippen molar-refractivity contribution in [3.8, 4) is 5.75 Å². The molecule has 3 nitrogen and oxygen atoms in total. The number of hydrogen-bond acceptors (Lipinski definition) is 3. The lowest BCUT2D eigenvalue weighted by atomic mass is 10.2. The van der Waals surface area contributed by atoms with Crippen LogP contribution in [0.3, 0.4) is 0 Å². The van der Waals surface area contributed by atoms with Crippen LogP contribution in [0.5, 0.6) is 5.75 Å². The fourth-order valence-electron chi connectivity index (χ4n) is 1.85. The minimum absolute atomic E-state index is 0.165. The van der Waals surface area contributed by atoms with Gasteiger partial charge in [-0.3, -0.25) is 0 Å². The second kappa shape index (κ2) is 6.23. The molecule has 0 radical (unpaired) electrons. The van der Waals surface area contributed by atoms with Gasteiger partial charge in [0.2, 0.25) is 0 Å². The van der Waals surface area contributed by atoms with E-state index in [1.807, 2.05) is 6.92 Å². The van der Waals surface area contributed by atoms with Gasteiger partial charge in [0, 0.05) is 35.6 Å². The van der Waals surface area contributed by atoms with Gasteiger partial charge in [-0.2, -0.15) is 0 Å². The Bertz CT molecular complexity index is 602. The Hall–Kier alpha value is -2.30. The highest BCUT2D eigenvalue weighted by Gasteiger charge is 2.05. The highest BCUT2D eigenvalue weighted by atomic mass is 19.1. The Morgan fingerprint density at radius 3 is 2.70 bits per heavy atom. The summed E-state index contributed by atoms with van der Waals surface area (Å²) in [6.07, 6.45) is 0. The first-order chi connectivity index (χ1) is 9.58. The molecule has 0 saturated heterocycles. The number of nitrogens with two attached hydrogens (primary N) is 1. The predicted molar refractivity (Wildman–Crippen MR) is 75.7 cm³/mol. The van der Waals surface area contributed by atoms with Crippen molar-refractivity contribution in [3.05, 3.63) is 53.6 Å². The number of anilines is 2. The normalized spacial score (nSPS) is 10.3. The highest BCUT2D eigenvalue weighted by molar-refractivity contribution is 5.59. The molecular weight excluding hydrogens is 262 g/mol. The molecule has 0 saturated carbocycles. The maximum atomic E-state index is 13.5. The molecule has 2 aromatic carbocycles. The maximum Gasteiger partial charge on any atom is 0.128 e. The number of rotatable bonds is 5. The van der Waals surface area contributed by atoms with E-state index in [1.54, 1.807) is 18.2 Å². The number of nitrogens with one attached hydrogen (secondary N) is 1. The molecule has 0 fully saturated rings. The summed E-state index contributed by atoms with van der Waals surface area (Å²) in [5, 5.41) is 3.00. The minimum atomic E-state index is -0.467. The second-order valence-electron chi connectivity index (χ2n) is 4.31. The monoisotopic (exact) mass is 278 g/mol. The third kappa shape index (κ3) is 3.60. The molecule has 2 aromatic rings. The van der Waals surface area contributed by atoms with Crippen molar-refractivity contribution in [2.45, 2.75) is 13.5 Å². The van der Waals surface area contributed by atoms with E-state index in [0.29, 0.717) is 23.7 Å². The molecule has 5 heteroatoms. The molecule has 0 heterocycles. The van der Waals surface area contributed by atoms with Crippen LogP contribution in [0.1, 0.15) is 12.5 Å². The first kappa shape index (κ1) is 14.1. The minimum Gasteiger partial charge on any atom is -0.494 e. The van der Waals surface area contributed by atoms with Crippen LogP contribution in [0.25, 0.3) is 0 Å². The van der Waals surface area contributed by atoms with Crippen LogP contribution >= 0.6 is 0 Å². The van der Waals surface area contributed by atoms with Crippen LogP contribution in [-0.4, -0.2) is 6.61 Å². The Balaban J connectivity index is 2.12. The van der Waals surface area contributed by atoms with Gasteiger partial charge in [-0.25, -0.2) is 8.78 Å². The topological polar surface area (TPSA) is 47.3 Å². The second-order valence-corrected chi connectivity index (χ2v) is 4.31. The number of nitrogen functional groups attached to an aromatic ring is 1. The van der Waals surface area contributed by atoms with Gasteiger partial charge in [-0.1, -0.05) is 0 Å². The average Bonchev–Trinajstić information content (AvgIpc) is 2.40. The summed E-state index contributed by atoms with van der Waals surface area (Å²) < 4.78 is 31.9. The van der Waals surface area contributed by atoms with E-state index >= 15 is 0 Å². The molecule has 0 bridgehead atoms. The SMILES string of the molecule is CCOc1cc(N)cc(NCc2cc(F)ccc2F)c1. The van der Waals surface area contributed by atoms with Crippen LogP contribution in [-0.2, 0) is 6.54 Å². The maximum absolute atomic E-state index is 13.5. The quantitative estimate of drug-likeness (QED) is 0.822. The van der Waals surface area contributed by atoms with Gasteiger partial charge in [0.05, 0.1) is 6.61 Å². The molecule has 20 heavy (non-hydrogen) atoms. The zero-order chi connectivity index (χ0) is 14.5. The van der Waals surface area contributed by atoms with Crippen LogP contribution in [0.2, 0.25) is 0 Å². The molecule has 0 aliphatic carbocycles. The third-order valence-corrected chi connectivity index (χ3v) is 2.73. The van der Waals surface area contributed by atoms with E-state index in [9.17, 15) is 8.78 Å². The smallest absolute Gasteiger partial charge is 0.128 e. The van der Waals surface area contributed by atoms with Crippen molar-refractivity contribution in [3.63, 3.8) is 0 Å². The van der Waals surface area contributed by atoms with Crippen LogP contribution in [0.15, 0.2) is 36.4 Å². The van der Waals surface area contributed by atoms with Crippen molar-refractivity contribution in [1.82, 2.24) is 0 Å². The predicted octanol–water partition coefficient (Wildman–Crippen LogP) is 3.56. The molecular formula is C15H16F2N2O. The molecule has 0 unspecified atom stereocenters. The third-order valence-electron chi connectivity index (χ3n) is 2.73. The summed E-state index contributed by atoms with van der Waals surface area (Å²) in [5.41, 5.74) is 7.25. The Morgan fingerprint density at radius 2 is 1.95 bits per heavy atom. The number of halogens is 2. The van der Waals surface area contributed by atoms with Crippen molar-refractivity contribution in [1.29, 1.82) is 0 Å². The lowest BCUT2D eigenvalue weighted by Crippen LogP contribution is -2.03. The van der Waals surface area contributed by atoms with E-state index < -0.39 is 11.6 Å². The van der Waals surface area contributed by atoms with Gasteiger partial charge in [0.15, 0.2) is 0 Å². The van der Waals surface area contributed by atoms with Gasteiger partial charge >= 0.3 is 0 Å². The van der Waals surface area contributed by atoms with Gasteiger partial charge in [-0.15, -0.1) is 0 Å². The van der Waals surface area contributed by atoms with E-state index in [2.05, 4.69) is 5.32 Å². The summed E-state index contributed by atoms with van der Waals surface area (Å²) in [6, 6.07) is 8.54. The average molecular weight is 278 g/mol. The number of benzene rings is 2. The van der Waals surface area contributed by atoms with Crippen molar-refractivity contribution < 1.29 is 13.5 Å². The summed E-state index contributed by atoms with van der Waals surface area (Å²) in [5.74, 6) is -0.284. The van der Waals surface area contributed by atoms with Gasteiger partial charge in [0.25, 0.3) is 0 Å². The summed E-state index contributed by atoms with van der Waals surface area (Å²) in [4.78, 5) is 0. The first-order valence-electron chi connectivity index (χ1n) is 6.29. The number of ether oxygens (including phenoxy) is 1. The Labute approximate surface area is 116 Å². The van der Waals surface area contributed by atoms with E-state index in [4.69, 9.17) is 10.5 Å². The zero-order valence-corrected chi connectivity index (χ0v) is 11.1. The summed E-state index contributed by atoms with van der Waals surface area (Å²) >= 11 is 0. The van der Waals surface area contributed by atoms with Crippen molar-refractivity contribution >= 4 is 11.4 Å². The van der Waals surface area contributed by atoms with E-state index in [0.717, 1.165) is 18.2 Å². The van der Waals surface area contributed by atoms with Gasteiger partial charge in [0.1, 0.15) is 17.4 Å². The Kier molecular flexibility index (Phi) is 4.40. The molecule has 0 amide bonds. The zero-order valence-electron chi connectivity index (χ0n) is 11.1. The standard InChI is InChI=1S/C15H16F2N2O/c1-2-20-14-7-12(18)6-13(8-14)19-9-10-5-11(16)3-4-15(10)17/h3-8,19H,2,9,18H2,1H3. The van der Waals surface area contributed by atoms with Gasteiger partial charge in [-0.05, 0) is 31.2 Å².